The van der Waals surface area contributed by atoms with Crippen LogP contribution < -0.4 is 0 Å². The van der Waals surface area contributed by atoms with Gasteiger partial charge in [0.2, 0.25) is 9.84 Å². The lowest BCUT2D eigenvalue weighted by Gasteiger charge is -2.12. The number of hydrogen-bond acceptors (Lipinski definition) is 3. The van der Waals surface area contributed by atoms with Gasteiger partial charge in [-0.1, -0.05) is 18.2 Å². The summed E-state index contributed by atoms with van der Waals surface area (Å²) in [6.07, 6.45) is -3.15. The van der Waals surface area contributed by atoms with Crippen molar-refractivity contribution in [3.05, 3.63) is 88.1 Å². The lowest BCUT2D eigenvalue weighted by atomic mass is 10.2. The van der Waals surface area contributed by atoms with Crippen molar-refractivity contribution in [1.82, 2.24) is 4.57 Å². The molecule has 3 aromatic rings. The van der Waals surface area contributed by atoms with E-state index in [0.717, 1.165) is 12.1 Å². The molecule has 0 spiro atoms. The second-order valence-corrected chi connectivity index (χ2v) is 8.56. The molecular weight excluding hydrogens is 413 g/mol. The first-order valence-electron chi connectivity index (χ1n) is 8.84. The van der Waals surface area contributed by atoms with Crippen molar-refractivity contribution in [3.8, 4) is 11.8 Å². The zero-order valence-corrected chi connectivity index (χ0v) is 16.9. The number of hydrogen-bond donors (Lipinski definition) is 0. The molecule has 4 nitrogen and oxygen atoms in total. The van der Waals surface area contributed by atoms with E-state index in [1.165, 1.54) is 30.3 Å². The van der Waals surface area contributed by atoms with Crippen LogP contribution in [0, 0.1) is 25.2 Å². The van der Waals surface area contributed by atoms with Gasteiger partial charge in [0, 0.05) is 17.1 Å². The van der Waals surface area contributed by atoms with E-state index in [0.29, 0.717) is 22.6 Å². The summed E-state index contributed by atoms with van der Waals surface area (Å²) in [6, 6.07) is 15.7. The van der Waals surface area contributed by atoms with Crippen LogP contribution in [0.5, 0.6) is 0 Å². The average Bonchev–Trinajstić information content (AvgIpc) is 2.99. The predicted octanol–water partition coefficient (Wildman–Crippen LogP) is 5.45. The fourth-order valence-corrected chi connectivity index (χ4v) is 4.34. The maximum Gasteiger partial charge on any atom is 0.416 e. The minimum absolute atomic E-state index is 0.00865. The Labute approximate surface area is 172 Å². The average molecular weight is 430 g/mol. The van der Waals surface area contributed by atoms with Crippen LogP contribution in [0.25, 0.3) is 11.8 Å². The van der Waals surface area contributed by atoms with Crippen molar-refractivity contribution in [1.29, 1.82) is 5.26 Å². The summed E-state index contributed by atoms with van der Waals surface area (Å²) in [5, 5.41) is 9.46. The highest BCUT2D eigenvalue weighted by molar-refractivity contribution is 7.95. The molecule has 2 aromatic carbocycles. The SMILES string of the molecule is Cc1cc(C=C(C#N)S(=O)(=O)c2ccccc2)c(C)n1-c1ccc(C(F)(F)F)cc1. The van der Waals surface area contributed by atoms with Crippen molar-refractivity contribution < 1.29 is 21.6 Å². The topological polar surface area (TPSA) is 62.9 Å². The van der Waals surface area contributed by atoms with Crippen molar-refractivity contribution in [2.45, 2.75) is 24.9 Å². The van der Waals surface area contributed by atoms with Crippen LogP contribution in [0.15, 0.2) is 70.5 Å². The quantitative estimate of drug-likeness (QED) is 0.517. The van der Waals surface area contributed by atoms with Gasteiger partial charge in [-0.25, -0.2) is 8.42 Å². The lowest BCUT2D eigenvalue weighted by molar-refractivity contribution is -0.137. The number of halogens is 3. The molecule has 0 saturated carbocycles. The molecule has 0 saturated heterocycles. The molecule has 0 fully saturated rings. The Morgan fingerprint density at radius 1 is 1.03 bits per heavy atom. The molecule has 0 aliphatic heterocycles. The molecule has 8 heteroatoms. The van der Waals surface area contributed by atoms with E-state index in [1.807, 2.05) is 0 Å². The second kappa shape index (κ2) is 7.84. The van der Waals surface area contributed by atoms with Crippen LogP contribution in [0.1, 0.15) is 22.5 Å². The number of nitrogens with zero attached hydrogens (tertiary/aromatic N) is 2. The summed E-state index contributed by atoms with van der Waals surface area (Å²) in [5.41, 5.74) is 1.52. The molecule has 0 unspecified atom stereocenters. The van der Waals surface area contributed by atoms with Crippen LogP contribution in [0.3, 0.4) is 0 Å². The van der Waals surface area contributed by atoms with E-state index in [9.17, 15) is 26.9 Å². The summed E-state index contributed by atoms with van der Waals surface area (Å²) in [6.45, 7) is 3.46. The summed E-state index contributed by atoms with van der Waals surface area (Å²) >= 11 is 0. The zero-order chi connectivity index (χ0) is 22.1. The molecule has 1 heterocycles. The number of nitriles is 1. The Kier molecular flexibility index (Phi) is 5.59. The molecule has 0 amide bonds. The minimum atomic E-state index is -4.43. The molecule has 1 aromatic heterocycles. The summed E-state index contributed by atoms with van der Waals surface area (Å²) in [5.74, 6) is 0. The third kappa shape index (κ3) is 4.02. The molecule has 3 rings (SSSR count). The Bertz CT molecular complexity index is 1250. The third-order valence-electron chi connectivity index (χ3n) is 4.66. The number of rotatable bonds is 4. The highest BCUT2D eigenvalue weighted by Crippen LogP contribution is 2.31. The number of alkyl halides is 3. The number of allylic oxidation sites excluding steroid dienone is 1. The van der Waals surface area contributed by atoms with Crippen molar-refractivity contribution >= 4 is 15.9 Å². The largest absolute Gasteiger partial charge is 0.416 e. The monoisotopic (exact) mass is 430 g/mol. The van der Waals surface area contributed by atoms with Crippen LogP contribution in [0.2, 0.25) is 0 Å². The number of aryl methyl sites for hydroxylation is 1. The standard InChI is InChI=1S/C22H17F3N2O2S/c1-15-12-17(13-21(14-26)30(28,29)20-6-4-3-5-7-20)16(2)27(15)19-10-8-18(9-11-19)22(23,24)25/h3-13H,1-2H3. The van der Waals surface area contributed by atoms with Crippen LogP contribution in [-0.4, -0.2) is 13.0 Å². The van der Waals surface area contributed by atoms with Crippen molar-refractivity contribution in [3.63, 3.8) is 0 Å². The maximum atomic E-state index is 12.8. The molecular formula is C22H17F3N2O2S. The van der Waals surface area contributed by atoms with Gasteiger partial charge in [-0.3, -0.25) is 0 Å². The zero-order valence-electron chi connectivity index (χ0n) is 16.1. The second-order valence-electron chi connectivity index (χ2n) is 6.64. The van der Waals surface area contributed by atoms with Crippen molar-refractivity contribution in [2.24, 2.45) is 0 Å². The maximum absolute atomic E-state index is 12.8. The lowest BCUT2D eigenvalue weighted by Crippen LogP contribution is -2.06. The van der Waals surface area contributed by atoms with Gasteiger partial charge in [-0.05, 0) is 68.0 Å². The van der Waals surface area contributed by atoms with E-state index in [4.69, 9.17) is 0 Å². The molecule has 0 radical (unpaired) electrons. The van der Waals surface area contributed by atoms with E-state index in [1.54, 1.807) is 48.7 Å². The molecule has 0 atom stereocenters. The molecule has 154 valence electrons. The van der Waals surface area contributed by atoms with Gasteiger partial charge in [0.1, 0.15) is 11.0 Å². The molecule has 0 aliphatic carbocycles. The van der Waals surface area contributed by atoms with Gasteiger partial charge in [0.15, 0.2) is 0 Å². The summed E-state index contributed by atoms with van der Waals surface area (Å²) in [4.78, 5) is -0.407. The number of benzene rings is 2. The molecule has 0 N–H and O–H groups in total. The van der Waals surface area contributed by atoms with E-state index in [-0.39, 0.29) is 4.90 Å². The first kappa shape index (κ1) is 21.4. The minimum Gasteiger partial charge on any atom is -0.318 e. The summed E-state index contributed by atoms with van der Waals surface area (Å²) in [7, 11) is -3.99. The van der Waals surface area contributed by atoms with E-state index in [2.05, 4.69) is 0 Å². The fraction of sp³-hybridized carbons (Fsp3) is 0.136. The fourth-order valence-electron chi connectivity index (χ4n) is 3.17. The van der Waals surface area contributed by atoms with Gasteiger partial charge in [0.05, 0.1) is 10.5 Å². The van der Waals surface area contributed by atoms with Crippen LogP contribution >= 0.6 is 0 Å². The Hall–Kier alpha value is -3.31. The smallest absolute Gasteiger partial charge is 0.318 e. The molecule has 30 heavy (non-hydrogen) atoms. The number of sulfone groups is 1. The van der Waals surface area contributed by atoms with E-state index >= 15 is 0 Å². The molecule has 0 bridgehead atoms. The van der Waals surface area contributed by atoms with Crippen LogP contribution in [-0.2, 0) is 16.0 Å². The Morgan fingerprint density at radius 2 is 1.63 bits per heavy atom. The van der Waals surface area contributed by atoms with Gasteiger partial charge in [0.25, 0.3) is 0 Å². The van der Waals surface area contributed by atoms with Gasteiger partial charge < -0.3 is 4.57 Å². The first-order valence-corrected chi connectivity index (χ1v) is 10.3. The van der Waals surface area contributed by atoms with Gasteiger partial charge >= 0.3 is 6.18 Å². The van der Waals surface area contributed by atoms with E-state index < -0.39 is 26.5 Å². The highest BCUT2D eigenvalue weighted by atomic mass is 32.2. The Morgan fingerprint density at radius 3 is 2.17 bits per heavy atom. The highest BCUT2D eigenvalue weighted by Gasteiger charge is 2.30. The third-order valence-corrected chi connectivity index (χ3v) is 6.34. The first-order chi connectivity index (χ1) is 14.1. The summed E-state index contributed by atoms with van der Waals surface area (Å²) < 4.78 is 65.7. The molecule has 0 aliphatic rings. The Balaban J connectivity index is 2.06. The van der Waals surface area contributed by atoms with Crippen molar-refractivity contribution in [2.75, 3.05) is 0 Å². The van der Waals surface area contributed by atoms with Gasteiger partial charge in [-0.2, -0.15) is 18.4 Å². The number of aromatic nitrogens is 1. The normalized spacial score (nSPS) is 12.6. The predicted molar refractivity (Wildman–Crippen MR) is 107 cm³/mol. The van der Waals surface area contributed by atoms with Crippen LogP contribution in [0.4, 0.5) is 13.2 Å². The van der Waals surface area contributed by atoms with Gasteiger partial charge in [-0.15, -0.1) is 0 Å².